The van der Waals surface area contributed by atoms with E-state index in [1.165, 1.54) is 12.7 Å². The van der Waals surface area contributed by atoms with E-state index >= 15 is 0 Å². The van der Waals surface area contributed by atoms with Gasteiger partial charge in [0.2, 0.25) is 0 Å². The largest absolute Gasteiger partial charge is 0.505 e. The quantitative estimate of drug-likeness (QED) is 0.263. The number of nitrogen functional groups attached to an aromatic ring is 1. The summed E-state index contributed by atoms with van der Waals surface area (Å²) in [7, 11) is 1.31. The molecule has 0 amide bonds. The molecule has 1 aromatic rings. The molecule has 0 aromatic heterocycles. The lowest BCUT2D eigenvalue weighted by molar-refractivity contribution is -0.126. The number of methoxy groups -OCH3 is 1. The second-order valence-electron chi connectivity index (χ2n) is 7.46. The van der Waals surface area contributed by atoms with E-state index in [1.54, 1.807) is 12.2 Å². The molecule has 0 heterocycles. The fraction of sp³-hybridized carbons (Fsp3) is 0.409. The maximum Gasteiger partial charge on any atom is 0.292 e. The number of benzene rings is 1. The van der Waals surface area contributed by atoms with Gasteiger partial charge in [-0.15, -0.1) is 0 Å². The van der Waals surface area contributed by atoms with Crippen LogP contribution in [0.1, 0.15) is 52.2 Å². The van der Waals surface area contributed by atoms with Crippen LogP contribution < -0.4 is 5.73 Å². The minimum absolute atomic E-state index is 0.0675. The minimum atomic E-state index is -0.0675. The molecule has 1 aliphatic carbocycles. The minimum Gasteiger partial charge on any atom is -0.505 e. The number of allylic oxidation sites excluding steroid dienone is 4. The average Bonchev–Trinajstić information content (AvgIpc) is 2.61. The molecule has 0 saturated carbocycles. The molecule has 0 saturated heterocycles. The number of carbonyl (C=O) groups is 1. The van der Waals surface area contributed by atoms with Crippen molar-refractivity contribution in [3.8, 4) is 5.75 Å². The van der Waals surface area contributed by atoms with Crippen LogP contribution >= 0.6 is 0 Å². The van der Waals surface area contributed by atoms with Crippen molar-refractivity contribution in [3.63, 3.8) is 0 Å². The van der Waals surface area contributed by atoms with Gasteiger partial charge in [-0.25, -0.2) is 0 Å². The molecule has 0 unspecified atom stereocenters. The molecule has 0 spiro atoms. The number of carbonyl (C=O) groups excluding carboxylic acids is 1. The van der Waals surface area contributed by atoms with Crippen LogP contribution in [0.15, 0.2) is 35.9 Å². The zero-order chi connectivity index (χ0) is 21.9. The van der Waals surface area contributed by atoms with E-state index in [1.807, 2.05) is 19.1 Å². The Morgan fingerprint density at radius 1 is 1.18 bits per heavy atom. The van der Waals surface area contributed by atoms with Crippen LogP contribution in [0.4, 0.5) is 5.69 Å². The van der Waals surface area contributed by atoms with Gasteiger partial charge in [0.15, 0.2) is 0 Å². The van der Waals surface area contributed by atoms with Crippen LogP contribution in [0.3, 0.4) is 0 Å². The van der Waals surface area contributed by atoms with E-state index in [0.29, 0.717) is 23.6 Å². The Bertz CT molecular complexity index is 757. The van der Waals surface area contributed by atoms with E-state index < -0.39 is 0 Å². The second kappa shape index (κ2) is 11.7. The molecule has 1 aliphatic rings. The van der Waals surface area contributed by atoms with Crippen molar-refractivity contribution < 1.29 is 14.6 Å². The van der Waals surface area contributed by atoms with Crippen molar-refractivity contribution in [3.05, 3.63) is 47.1 Å². The van der Waals surface area contributed by atoms with Gasteiger partial charge in [-0.05, 0) is 48.1 Å². The lowest BCUT2D eigenvalue weighted by Crippen LogP contribution is -2.12. The van der Waals surface area contributed by atoms with Crippen molar-refractivity contribution in [1.29, 1.82) is 10.8 Å². The highest BCUT2D eigenvalue weighted by molar-refractivity contribution is 6.49. The maximum absolute atomic E-state index is 9.90. The zero-order valence-corrected chi connectivity index (χ0v) is 17.7. The predicted octanol–water partition coefficient (Wildman–Crippen LogP) is 4.56. The summed E-state index contributed by atoms with van der Waals surface area (Å²) >= 11 is 0. The number of phenols is 1. The SMILES string of the molecule is CC1=CC(=N)C(=N)C=C1.CCCc1cc(N)c(O)c(C(C)(C)C)c1.COC=O. The highest BCUT2D eigenvalue weighted by atomic mass is 16.5. The smallest absolute Gasteiger partial charge is 0.292 e. The van der Waals surface area contributed by atoms with E-state index in [9.17, 15) is 5.11 Å². The number of hydrogen-bond donors (Lipinski definition) is 4. The Balaban J connectivity index is 0.000000473. The molecule has 0 atom stereocenters. The number of anilines is 1. The Morgan fingerprint density at radius 3 is 2.14 bits per heavy atom. The third-order valence-electron chi connectivity index (χ3n) is 3.82. The van der Waals surface area contributed by atoms with Gasteiger partial charge in [0, 0.05) is 5.56 Å². The number of rotatable bonds is 3. The summed E-state index contributed by atoms with van der Waals surface area (Å²) in [6.45, 7) is 10.7. The topological polar surface area (TPSA) is 120 Å². The lowest BCUT2D eigenvalue weighted by atomic mass is 9.84. The molecule has 154 valence electrons. The van der Waals surface area contributed by atoms with Gasteiger partial charge in [-0.3, -0.25) is 15.6 Å². The van der Waals surface area contributed by atoms with Crippen molar-refractivity contribution >= 4 is 23.6 Å². The predicted molar refractivity (Wildman–Crippen MR) is 117 cm³/mol. The number of ether oxygens (including phenoxy) is 1. The first-order chi connectivity index (χ1) is 13.0. The molecule has 28 heavy (non-hydrogen) atoms. The number of aromatic hydroxyl groups is 1. The first-order valence-corrected chi connectivity index (χ1v) is 9.10. The fourth-order valence-corrected chi connectivity index (χ4v) is 2.38. The Labute approximate surface area is 168 Å². The van der Waals surface area contributed by atoms with Crippen molar-refractivity contribution in [2.75, 3.05) is 12.8 Å². The van der Waals surface area contributed by atoms with Crippen molar-refractivity contribution in [2.24, 2.45) is 0 Å². The summed E-state index contributed by atoms with van der Waals surface area (Å²) in [5.41, 5.74) is 10.00. The molecule has 6 heteroatoms. The first-order valence-electron chi connectivity index (χ1n) is 9.10. The van der Waals surface area contributed by atoms with Crippen LogP contribution in [-0.2, 0) is 21.4 Å². The first kappa shape index (κ1) is 25.1. The maximum atomic E-state index is 9.90. The summed E-state index contributed by atoms with van der Waals surface area (Å²) in [4.78, 5) is 8.95. The van der Waals surface area contributed by atoms with Gasteiger partial charge >= 0.3 is 0 Å². The molecule has 0 aliphatic heterocycles. The van der Waals surface area contributed by atoms with E-state index in [0.717, 1.165) is 24.0 Å². The van der Waals surface area contributed by atoms with Crippen molar-refractivity contribution in [2.45, 2.75) is 52.9 Å². The fourth-order valence-electron chi connectivity index (χ4n) is 2.38. The summed E-state index contributed by atoms with van der Waals surface area (Å²) in [6.07, 6.45) is 7.25. The monoisotopic (exact) mass is 387 g/mol. The average molecular weight is 388 g/mol. The van der Waals surface area contributed by atoms with Gasteiger partial charge in [0.05, 0.1) is 24.2 Å². The van der Waals surface area contributed by atoms with Crippen molar-refractivity contribution in [1.82, 2.24) is 0 Å². The second-order valence-corrected chi connectivity index (χ2v) is 7.46. The molecule has 5 N–H and O–H groups in total. The van der Waals surface area contributed by atoms with Gasteiger partial charge < -0.3 is 15.6 Å². The molecular weight excluding hydrogens is 354 g/mol. The third-order valence-corrected chi connectivity index (χ3v) is 3.82. The number of phenolic OH excluding ortho intramolecular Hbond substituents is 1. The molecule has 0 fully saturated rings. The number of hydrogen-bond acceptors (Lipinski definition) is 6. The standard InChI is InChI=1S/C13H21NO.C7H8N2.C2H4O2/c1-5-6-9-7-10(13(2,3)4)12(15)11(14)8-9;1-5-2-3-6(8)7(9)4-5;1-4-2-3/h7-8,15H,5-6,14H2,1-4H3;2-4,8-9H,1H3;2H,1H3. The summed E-state index contributed by atoms with van der Waals surface area (Å²) < 4.78 is 3.86. The normalized spacial score (nSPS) is 12.9. The lowest BCUT2D eigenvalue weighted by Gasteiger charge is -2.22. The van der Waals surface area contributed by atoms with Gasteiger partial charge in [-0.2, -0.15) is 0 Å². The zero-order valence-electron chi connectivity index (χ0n) is 17.7. The van der Waals surface area contributed by atoms with E-state index in [4.69, 9.17) is 21.3 Å². The Hall–Kier alpha value is -2.89. The van der Waals surface area contributed by atoms with E-state index in [2.05, 4.69) is 38.5 Å². The van der Waals surface area contributed by atoms with E-state index in [-0.39, 0.29) is 11.2 Å². The molecular formula is C22H33N3O3. The number of nitrogens with two attached hydrogens (primary N) is 1. The summed E-state index contributed by atoms with van der Waals surface area (Å²) in [6, 6.07) is 3.93. The van der Waals surface area contributed by atoms with Gasteiger partial charge in [-0.1, -0.05) is 46.3 Å². The van der Waals surface area contributed by atoms with Crippen LogP contribution in [0.2, 0.25) is 0 Å². The Morgan fingerprint density at radius 2 is 1.75 bits per heavy atom. The van der Waals surface area contributed by atoms with Gasteiger partial charge in [0.25, 0.3) is 6.47 Å². The molecule has 1 aromatic carbocycles. The third kappa shape index (κ3) is 8.66. The van der Waals surface area contributed by atoms with Crippen LogP contribution in [0.5, 0.6) is 5.75 Å². The summed E-state index contributed by atoms with van der Waals surface area (Å²) in [5, 5.41) is 24.2. The molecule has 0 bridgehead atoms. The number of nitrogens with one attached hydrogen (secondary N) is 2. The van der Waals surface area contributed by atoms with Crippen LogP contribution in [0.25, 0.3) is 0 Å². The van der Waals surface area contributed by atoms with Gasteiger partial charge in [0.1, 0.15) is 5.75 Å². The highest BCUT2D eigenvalue weighted by Gasteiger charge is 2.20. The molecule has 0 radical (unpaired) electrons. The highest BCUT2D eigenvalue weighted by Crippen LogP contribution is 2.36. The molecule has 2 rings (SSSR count). The molecule has 6 nitrogen and oxygen atoms in total. The summed E-state index contributed by atoms with van der Waals surface area (Å²) in [5.74, 6) is 0.238. The van der Waals surface area contributed by atoms with Crippen LogP contribution in [0, 0.1) is 10.8 Å². The number of aryl methyl sites for hydroxylation is 1. The van der Waals surface area contributed by atoms with Crippen LogP contribution in [-0.4, -0.2) is 30.1 Å². The Kier molecular flexibility index (Phi) is 10.5.